The van der Waals surface area contributed by atoms with Crippen LogP contribution in [-0.2, 0) is 136 Å². The molecule has 0 atom stereocenters. The third-order valence-electron chi connectivity index (χ3n) is 18.3. The van der Waals surface area contributed by atoms with E-state index in [1.807, 2.05) is 0 Å². The Bertz CT molecular complexity index is 6640. The first kappa shape index (κ1) is 130. The van der Waals surface area contributed by atoms with Gasteiger partial charge in [-0.25, -0.2) is 16.8 Å². The molecule has 0 saturated carbocycles. The van der Waals surface area contributed by atoms with Crippen molar-refractivity contribution in [3.05, 3.63) is 354 Å². The Labute approximate surface area is 923 Å². The number of nitro benzene ring substituents is 2. The molecule has 0 aliphatic carbocycles. The van der Waals surface area contributed by atoms with Crippen LogP contribution < -0.4 is 161 Å². The van der Waals surface area contributed by atoms with Crippen LogP contribution in [0.5, 0.6) is 51.7 Å². The van der Waals surface area contributed by atoms with Gasteiger partial charge in [0, 0.05) is 12.1 Å². The van der Waals surface area contributed by atoms with Gasteiger partial charge < -0.3 is 70.9 Å². The summed E-state index contributed by atoms with van der Waals surface area (Å²) in [6.07, 6.45) is -23.0. The summed E-state index contributed by atoms with van der Waals surface area (Å²) in [5.74, 6) is -3.11. The number of nitrogen functional groups attached to an aromatic ring is 1. The summed E-state index contributed by atoms with van der Waals surface area (Å²) in [7, 11) is -3.20. The number of sulfonamides is 2. The number of carbonyl (C=O) groups excluding carboxylic acids is 5. The van der Waals surface area contributed by atoms with E-state index < -0.39 is 129 Å². The Balaban J connectivity index is 0.000000899. The number of aromatic hydroxyl groups is 1. The van der Waals surface area contributed by atoms with Crippen molar-refractivity contribution < 1.29 is 312 Å². The monoisotopic (exact) mass is 2160 g/mol. The van der Waals surface area contributed by atoms with Crippen LogP contribution in [0.25, 0.3) is 0 Å². The molecule has 0 heterocycles. The second kappa shape index (κ2) is 59.9. The van der Waals surface area contributed by atoms with E-state index in [2.05, 4.69) is 33.3 Å². The van der Waals surface area contributed by atoms with E-state index in [1.165, 1.54) is 119 Å². The van der Waals surface area contributed by atoms with E-state index in [0.717, 1.165) is 64.7 Å². The van der Waals surface area contributed by atoms with E-state index in [4.69, 9.17) is 44.9 Å². The molecule has 53 heteroatoms. The van der Waals surface area contributed by atoms with E-state index in [0.29, 0.717) is 58.8 Å². The van der Waals surface area contributed by atoms with Crippen LogP contribution in [-0.4, -0.2) is 107 Å². The number of carboxylic acid groups (broad SMARTS) is 1. The SMILES string of the molecule is COC(=O)Cc1ccc(O)cc1.COC(=O)Cc1ccc(Oc2ccc(C(F)(F)F)cc2N)cc1.COC(=O)Cc1ccc(Oc2ccc(C(F)(F)F)cc2NS(=O)(=O)c2ccc(C)cc2)cc1.COC(=O)Cc1ccc(Oc2ccc(C(F)(F)F)cc2[N+](=O)[O-])cc1.Cc1ccc(S(=O)(=O)Nc2cc(C(F)(F)F)ccc2Oc2ccc(CC(=O)O)cc2)cc1.O=CO[O-].O=[N+]([O-])c1cc(C(F)(F)F)ccc1F.[H-].[K+].[K+].[Li+].[OH-]. The molecule has 0 radical (unpaired) electrons. The average Bonchev–Trinajstić information content (AvgIpc) is 0.790. The molecule has 0 unspecified atom stereocenters. The van der Waals surface area contributed by atoms with Crippen LogP contribution in [0.2, 0.25) is 0 Å². The minimum absolute atomic E-state index is 0. The van der Waals surface area contributed by atoms with Crippen molar-refractivity contribution in [2.24, 2.45) is 0 Å². The fourth-order valence-corrected chi connectivity index (χ4v) is 13.2. The molecule has 0 aliphatic rings. The number of nitrogens with one attached hydrogen (secondary N) is 2. The molecule has 32 nitrogen and oxygen atoms in total. The molecule has 0 amide bonds. The maximum Gasteiger partial charge on any atom is 1.00 e. The number of esters is 4. The first-order chi connectivity index (χ1) is 66.9. The summed E-state index contributed by atoms with van der Waals surface area (Å²) in [6, 6.07) is 53.5. The van der Waals surface area contributed by atoms with Gasteiger partial charge in [-0.2, -0.15) is 70.2 Å². The number of carboxylic acids is 1. The molecule has 0 saturated heterocycles. The maximum absolute atomic E-state index is 13.2. The van der Waals surface area contributed by atoms with Gasteiger partial charge in [0.1, 0.15) is 34.5 Å². The van der Waals surface area contributed by atoms with Crippen molar-refractivity contribution in [2.45, 2.75) is 86.6 Å². The number of benzene rings is 12. The molecular weight excluding hydrogens is 2080 g/mol. The number of halogens is 16. The first-order valence-electron chi connectivity index (χ1n) is 39.9. The number of carbonyl (C=O) groups is 6. The van der Waals surface area contributed by atoms with Crippen molar-refractivity contribution in [1.29, 1.82) is 0 Å². The maximum atomic E-state index is 13.2. The Morgan fingerprint density at radius 2 is 0.633 bits per heavy atom. The van der Waals surface area contributed by atoms with Crippen molar-refractivity contribution in [1.82, 2.24) is 0 Å². The molecule has 0 bridgehead atoms. The number of alkyl halides is 15. The van der Waals surface area contributed by atoms with Gasteiger partial charge in [-0.3, -0.25) is 58.4 Å². The topological polar surface area (TPSA) is 484 Å². The quantitative estimate of drug-likeness (QED) is 0.00367. The average molecular weight is 2160 g/mol. The summed E-state index contributed by atoms with van der Waals surface area (Å²) < 4.78 is 299. The number of nitrogens with zero attached hydrogens (tertiary/aromatic N) is 2. The van der Waals surface area contributed by atoms with Gasteiger partial charge in [0.2, 0.25) is 11.6 Å². The first-order valence-corrected chi connectivity index (χ1v) is 42.9. The van der Waals surface area contributed by atoms with Crippen molar-refractivity contribution >= 4 is 84.8 Å². The standard InChI is InChI=1S/C23H20F3NO5S.C22H18F3NO5S.C16H12F3NO5.C16H14F3NO3.C9H10O3.C7H3F4NO2.CH2O3.2K.Li.H2O.H/c1-15-3-10-19(11-4-15)33(29,30)27-20-14-17(23(24,25)26)7-12-21(20)32-18-8-5-16(6-9-18)13-22(28)31-2;1-14-2-9-18(10-3-14)32(29,30)26-19-13-16(22(23,24)25)6-11-20(19)31-17-7-4-15(5-8-17)12-21(27)28;1-24-15(21)8-10-2-5-12(6-3-10)25-14-7-4-11(16(17,18)19)9-13(14)20(22)23;1-22-15(21)8-10-2-5-12(6-3-10)23-14-7-4-11(9-13(14)20)16(17,18)19;1-12-9(11)6-7-2-4-8(10)5-3-7;8-5-2-1-4(7(9,10)11)3-6(5)12(13)14;2-1-4-3;;;;;/h3-12,14,27H,13H2,1-2H3;2-11,13,26H,12H2,1H3,(H,27,28);2-7,9H,8H2,1H3;2-7,9H,8,20H2,1H3;2-5,10H,6H2,1H3;1-3H;1,3H;;;;1H2;/q;;;;;;;3*+1;;-1/p-2. The number of phenols is 1. The zero-order valence-electron chi connectivity index (χ0n) is 78.9. The van der Waals surface area contributed by atoms with Crippen LogP contribution in [0.4, 0.5) is 98.7 Å². The van der Waals surface area contributed by atoms with Crippen molar-refractivity contribution in [3.8, 4) is 51.7 Å². The number of aryl methyl sites for hydroxylation is 2. The molecule has 770 valence electrons. The van der Waals surface area contributed by atoms with E-state index in [1.54, 1.807) is 98.8 Å². The number of hydrogen-bond donors (Lipinski definition) is 5. The summed E-state index contributed by atoms with van der Waals surface area (Å²) in [5, 5.41) is 47.3. The molecule has 0 fully saturated rings. The smallest absolute Gasteiger partial charge is 1.00 e. The van der Waals surface area contributed by atoms with Crippen LogP contribution in [0.3, 0.4) is 0 Å². The molecule has 0 spiro atoms. The summed E-state index contributed by atoms with van der Waals surface area (Å²) in [6.45, 7) is 3.36. The van der Waals surface area contributed by atoms with Gasteiger partial charge >= 0.3 is 194 Å². The predicted octanol–water partition coefficient (Wildman–Crippen LogP) is 11.7. The number of phenolic OH excluding ortho intramolecular Hbond substituents is 1. The number of nitro groups is 2. The molecule has 12 aromatic carbocycles. The normalized spacial score (nSPS) is 10.8. The predicted molar refractivity (Wildman–Crippen MR) is 477 cm³/mol. The summed E-state index contributed by atoms with van der Waals surface area (Å²) >= 11 is 0. The fourth-order valence-electron chi connectivity index (χ4n) is 11.1. The van der Waals surface area contributed by atoms with E-state index in [-0.39, 0.29) is 252 Å². The minimum Gasteiger partial charge on any atom is -1.00 e. The van der Waals surface area contributed by atoms with Crippen molar-refractivity contribution in [2.75, 3.05) is 43.6 Å². The molecule has 7 N–H and O–H groups in total. The number of aliphatic carboxylic acids is 1. The Kier molecular flexibility index (Phi) is 53.1. The zero-order chi connectivity index (χ0) is 107. The van der Waals surface area contributed by atoms with Crippen LogP contribution >= 0.6 is 0 Å². The third kappa shape index (κ3) is 44.4. The van der Waals surface area contributed by atoms with Crippen molar-refractivity contribution in [3.63, 3.8) is 0 Å². The number of hydrogen-bond acceptors (Lipinski definition) is 27. The molecular formula is C94H80F16K2LiN5O27S2. The summed E-state index contributed by atoms with van der Waals surface area (Å²) in [5.41, 5.74) is 2.40. The van der Waals surface area contributed by atoms with Crippen LogP contribution in [0.1, 0.15) is 68.2 Å². The van der Waals surface area contributed by atoms with Gasteiger partial charge in [0.25, 0.3) is 26.5 Å². The molecule has 12 aromatic rings. The zero-order valence-corrected chi connectivity index (χ0v) is 85.8. The van der Waals surface area contributed by atoms with Crippen LogP contribution in [0, 0.1) is 39.9 Å². The van der Waals surface area contributed by atoms with E-state index >= 15 is 0 Å². The number of ether oxygens (including phenoxy) is 8. The third-order valence-corrected chi connectivity index (χ3v) is 21.1. The van der Waals surface area contributed by atoms with Crippen LogP contribution in [0.15, 0.2) is 271 Å². The van der Waals surface area contributed by atoms with E-state index in [9.17, 15) is 131 Å². The number of nitrogens with two attached hydrogens (primary N) is 1. The molecule has 0 aliphatic heterocycles. The Morgan fingerprint density at radius 1 is 0.388 bits per heavy atom. The van der Waals surface area contributed by atoms with Gasteiger partial charge in [-0.1, -0.05) is 96.1 Å². The molecule has 12 rings (SSSR count). The second-order valence-corrected chi connectivity index (χ2v) is 32.2. The second-order valence-electron chi connectivity index (χ2n) is 28.8. The Hall–Kier alpha value is -12.8. The largest absolute Gasteiger partial charge is 1.00 e. The van der Waals surface area contributed by atoms with Gasteiger partial charge in [0.05, 0.1) is 125 Å². The molecule has 0 aromatic heterocycles. The number of anilines is 3. The minimum atomic E-state index is -4.71. The van der Waals surface area contributed by atoms with Gasteiger partial charge in [0.15, 0.2) is 11.5 Å². The number of rotatable bonds is 27. The Morgan fingerprint density at radius 3 is 0.905 bits per heavy atom. The fraction of sp³-hybridized carbons (Fsp3) is 0.170. The van der Waals surface area contributed by atoms with Gasteiger partial charge in [-0.15, -0.1) is 0 Å². The van der Waals surface area contributed by atoms with Gasteiger partial charge in [-0.05, 0) is 205 Å². The number of methoxy groups -OCH3 is 4. The molecule has 147 heavy (non-hydrogen) atoms. The summed E-state index contributed by atoms with van der Waals surface area (Å²) in [4.78, 5) is 85.2.